The highest BCUT2D eigenvalue weighted by Crippen LogP contribution is 2.23. The molecule has 0 saturated carbocycles. The summed E-state index contributed by atoms with van der Waals surface area (Å²) in [5.74, 6) is 0.139. The fourth-order valence-corrected chi connectivity index (χ4v) is 2.83. The third-order valence-corrected chi connectivity index (χ3v) is 4.39. The molecule has 0 bridgehead atoms. The molecule has 1 heterocycles. The van der Waals surface area contributed by atoms with Gasteiger partial charge in [0.05, 0.1) is 17.1 Å². The van der Waals surface area contributed by atoms with E-state index in [1.54, 1.807) is 6.92 Å². The zero-order chi connectivity index (χ0) is 8.48. The first-order valence-electron chi connectivity index (χ1n) is 3.67. The Morgan fingerprint density at radius 3 is 2.64 bits per heavy atom. The Morgan fingerprint density at radius 2 is 2.18 bits per heavy atom. The summed E-state index contributed by atoms with van der Waals surface area (Å²) in [5, 5.41) is 8.22. The van der Waals surface area contributed by atoms with E-state index in [1.807, 2.05) is 0 Å². The van der Waals surface area contributed by atoms with Crippen molar-refractivity contribution < 1.29 is 8.42 Å². The predicted octanol–water partition coefficient (Wildman–Crippen LogP) is 0.723. The molecule has 0 aliphatic carbocycles. The van der Waals surface area contributed by atoms with Gasteiger partial charge < -0.3 is 0 Å². The first-order valence-corrected chi connectivity index (χ1v) is 5.39. The lowest BCUT2D eigenvalue weighted by Crippen LogP contribution is -2.30. The van der Waals surface area contributed by atoms with Crippen molar-refractivity contribution in [2.24, 2.45) is 5.92 Å². The van der Waals surface area contributed by atoms with E-state index in [2.05, 4.69) is 6.07 Å². The summed E-state index contributed by atoms with van der Waals surface area (Å²) in [5.41, 5.74) is 0. The van der Waals surface area contributed by atoms with Crippen molar-refractivity contribution in [3.8, 4) is 6.07 Å². The van der Waals surface area contributed by atoms with Crippen LogP contribution in [0.3, 0.4) is 0 Å². The fourth-order valence-electron chi connectivity index (χ4n) is 1.29. The van der Waals surface area contributed by atoms with E-state index in [0.29, 0.717) is 12.8 Å². The Hall–Kier alpha value is -0.560. The van der Waals surface area contributed by atoms with Gasteiger partial charge in [-0.05, 0) is 19.8 Å². The molecule has 0 aromatic carbocycles. The van der Waals surface area contributed by atoms with Crippen LogP contribution in [0.15, 0.2) is 0 Å². The zero-order valence-electron chi connectivity index (χ0n) is 6.45. The van der Waals surface area contributed by atoms with Crippen molar-refractivity contribution in [1.82, 2.24) is 0 Å². The Bertz CT molecular complexity index is 275. The molecule has 1 aliphatic rings. The second kappa shape index (κ2) is 2.82. The standard InChI is InChI=1S/C7H11NO2S/c1-6-4-7(5-8)2-3-11(6,9)10/h6-7H,2-4H2,1H3/t6-,7+/m0/s1. The summed E-state index contributed by atoms with van der Waals surface area (Å²) >= 11 is 0. The number of sulfone groups is 1. The Balaban J connectivity index is 2.72. The molecule has 62 valence electrons. The normalized spacial score (nSPS) is 36.0. The third-order valence-electron chi connectivity index (χ3n) is 2.16. The van der Waals surface area contributed by atoms with Crippen LogP contribution in [0.4, 0.5) is 0 Å². The molecule has 11 heavy (non-hydrogen) atoms. The van der Waals surface area contributed by atoms with Crippen LogP contribution in [0, 0.1) is 17.2 Å². The van der Waals surface area contributed by atoms with E-state index in [1.165, 1.54) is 0 Å². The molecule has 1 rings (SSSR count). The summed E-state index contributed by atoms with van der Waals surface area (Å²) in [6.07, 6.45) is 1.03. The topological polar surface area (TPSA) is 57.9 Å². The minimum atomic E-state index is -2.86. The van der Waals surface area contributed by atoms with Crippen LogP contribution < -0.4 is 0 Å². The van der Waals surface area contributed by atoms with Crippen LogP contribution in [0.25, 0.3) is 0 Å². The van der Waals surface area contributed by atoms with Gasteiger partial charge in [-0.25, -0.2) is 8.42 Å². The molecule has 0 aromatic heterocycles. The second-order valence-corrected chi connectivity index (χ2v) is 5.57. The van der Waals surface area contributed by atoms with Crippen LogP contribution in [-0.2, 0) is 9.84 Å². The maximum absolute atomic E-state index is 11.1. The summed E-state index contributed by atoms with van der Waals surface area (Å²) in [7, 11) is -2.86. The van der Waals surface area contributed by atoms with Crippen molar-refractivity contribution in [1.29, 1.82) is 5.26 Å². The number of nitriles is 1. The second-order valence-electron chi connectivity index (χ2n) is 3.03. The minimum Gasteiger partial charge on any atom is -0.229 e. The summed E-state index contributed by atoms with van der Waals surface area (Å²) in [6, 6.07) is 2.11. The van der Waals surface area contributed by atoms with E-state index in [9.17, 15) is 8.42 Å². The lowest BCUT2D eigenvalue weighted by molar-refractivity contribution is 0.504. The van der Waals surface area contributed by atoms with Crippen LogP contribution in [0.5, 0.6) is 0 Å². The summed E-state index contributed by atoms with van der Waals surface area (Å²) < 4.78 is 22.3. The van der Waals surface area contributed by atoms with Gasteiger partial charge in [-0.1, -0.05) is 0 Å². The Kier molecular flexibility index (Phi) is 2.19. The Labute approximate surface area is 66.9 Å². The molecule has 3 nitrogen and oxygen atoms in total. The molecule has 0 spiro atoms. The van der Waals surface area contributed by atoms with Gasteiger partial charge in [0.2, 0.25) is 0 Å². The van der Waals surface area contributed by atoms with Crippen LogP contribution in [0.1, 0.15) is 19.8 Å². The molecular weight excluding hydrogens is 162 g/mol. The molecule has 4 heteroatoms. The average molecular weight is 173 g/mol. The van der Waals surface area contributed by atoms with Crippen molar-refractivity contribution in [2.75, 3.05) is 5.75 Å². The quantitative estimate of drug-likeness (QED) is 0.542. The van der Waals surface area contributed by atoms with Gasteiger partial charge >= 0.3 is 0 Å². The zero-order valence-corrected chi connectivity index (χ0v) is 7.26. The highest BCUT2D eigenvalue weighted by Gasteiger charge is 2.30. The van der Waals surface area contributed by atoms with Gasteiger partial charge in [0.25, 0.3) is 0 Å². The molecule has 1 aliphatic heterocycles. The fraction of sp³-hybridized carbons (Fsp3) is 0.857. The van der Waals surface area contributed by atoms with Crippen molar-refractivity contribution in [2.45, 2.75) is 25.0 Å². The van der Waals surface area contributed by atoms with Gasteiger partial charge in [0, 0.05) is 5.92 Å². The smallest absolute Gasteiger partial charge is 0.152 e. The Morgan fingerprint density at radius 1 is 1.55 bits per heavy atom. The number of hydrogen-bond donors (Lipinski definition) is 0. The van der Waals surface area contributed by atoms with Crippen molar-refractivity contribution >= 4 is 9.84 Å². The lowest BCUT2D eigenvalue weighted by Gasteiger charge is -2.21. The SMILES string of the molecule is C[C@H]1C[C@H](C#N)CCS1(=O)=O. The van der Waals surface area contributed by atoms with E-state index < -0.39 is 9.84 Å². The minimum absolute atomic E-state index is 0.0477. The third kappa shape index (κ3) is 1.72. The highest BCUT2D eigenvalue weighted by atomic mass is 32.2. The van der Waals surface area contributed by atoms with Crippen LogP contribution >= 0.6 is 0 Å². The molecule has 2 atom stereocenters. The maximum atomic E-state index is 11.1. The molecule has 1 fully saturated rings. The first-order chi connectivity index (χ1) is 5.06. The number of nitrogens with zero attached hydrogens (tertiary/aromatic N) is 1. The first kappa shape index (κ1) is 8.54. The summed E-state index contributed by atoms with van der Waals surface area (Å²) in [6.45, 7) is 1.68. The van der Waals surface area contributed by atoms with Crippen LogP contribution in [0.2, 0.25) is 0 Å². The van der Waals surface area contributed by atoms with E-state index >= 15 is 0 Å². The van der Waals surface area contributed by atoms with Gasteiger partial charge in [0.15, 0.2) is 9.84 Å². The van der Waals surface area contributed by atoms with Gasteiger partial charge in [-0.3, -0.25) is 0 Å². The molecule has 0 radical (unpaired) electrons. The van der Waals surface area contributed by atoms with Crippen molar-refractivity contribution in [3.05, 3.63) is 0 Å². The lowest BCUT2D eigenvalue weighted by atomic mass is 10.0. The predicted molar refractivity (Wildman–Crippen MR) is 41.6 cm³/mol. The highest BCUT2D eigenvalue weighted by molar-refractivity contribution is 7.92. The monoisotopic (exact) mass is 173 g/mol. The van der Waals surface area contributed by atoms with E-state index in [0.717, 1.165) is 0 Å². The molecule has 0 aromatic rings. The number of rotatable bonds is 0. The van der Waals surface area contributed by atoms with Gasteiger partial charge in [-0.2, -0.15) is 5.26 Å². The largest absolute Gasteiger partial charge is 0.229 e. The maximum Gasteiger partial charge on any atom is 0.152 e. The summed E-state index contributed by atoms with van der Waals surface area (Å²) in [4.78, 5) is 0. The molecule has 0 amide bonds. The van der Waals surface area contributed by atoms with Gasteiger partial charge in [0.1, 0.15) is 0 Å². The molecule has 1 saturated heterocycles. The molecular formula is C7H11NO2S. The van der Waals surface area contributed by atoms with E-state index in [-0.39, 0.29) is 16.9 Å². The van der Waals surface area contributed by atoms with Gasteiger partial charge in [-0.15, -0.1) is 0 Å². The number of hydrogen-bond acceptors (Lipinski definition) is 3. The van der Waals surface area contributed by atoms with E-state index in [4.69, 9.17) is 5.26 Å². The molecule has 0 N–H and O–H groups in total. The van der Waals surface area contributed by atoms with Crippen molar-refractivity contribution in [3.63, 3.8) is 0 Å². The average Bonchev–Trinajstić information content (AvgIpc) is 1.95. The molecule has 0 unspecified atom stereocenters. The van der Waals surface area contributed by atoms with Crippen LogP contribution in [-0.4, -0.2) is 19.4 Å².